The lowest BCUT2D eigenvalue weighted by molar-refractivity contribution is 0.337. The summed E-state index contributed by atoms with van der Waals surface area (Å²) >= 11 is 0. The Hall–Kier alpha value is -2.78. The van der Waals surface area contributed by atoms with Crippen molar-refractivity contribution in [3.63, 3.8) is 0 Å². The fourth-order valence-corrected chi connectivity index (χ4v) is 3.44. The molecule has 8 nitrogen and oxygen atoms in total. The molecule has 3 aromatic rings. The van der Waals surface area contributed by atoms with Gasteiger partial charge < -0.3 is 4.74 Å². The number of sulfonamides is 1. The van der Waals surface area contributed by atoms with Gasteiger partial charge in [-0.1, -0.05) is 5.21 Å². The first-order valence-corrected chi connectivity index (χ1v) is 9.52. The van der Waals surface area contributed by atoms with Crippen LogP contribution in [0.2, 0.25) is 0 Å². The van der Waals surface area contributed by atoms with Crippen LogP contribution in [-0.4, -0.2) is 35.0 Å². The van der Waals surface area contributed by atoms with Crippen molar-refractivity contribution in [3.05, 3.63) is 60.2 Å². The van der Waals surface area contributed by atoms with E-state index in [-0.39, 0.29) is 11.4 Å². The molecule has 0 aliphatic heterocycles. The van der Waals surface area contributed by atoms with Gasteiger partial charge in [-0.25, -0.2) is 17.8 Å². The number of hydrogen-bond donors (Lipinski definition) is 1. The lowest BCUT2D eigenvalue weighted by atomic mass is 10.2. The molecule has 0 radical (unpaired) electrons. The van der Waals surface area contributed by atoms with E-state index in [1.807, 2.05) is 13.8 Å². The molecule has 0 saturated carbocycles. The molecule has 0 saturated heterocycles. The molecule has 2 aromatic heterocycles. The van der Waals surface area contributed by atoms with Gasteiger partial charge in [0.25, 0.3) is 0 Å². The maximum atomic E-state index is 12.5. The fraction of sp³-hybridized carbons (Fsp3) is 0.235. The summed E-state index contributed by atoms with van der Waals surface area (Å²) in [5.41, 5.74) is 2.06. The van der Waals surface area contributed by atoms with Crippen LogP contribution in [0.3, 0.4) is 0 Å². The molecule has 0 bridgehead atoms. The molecule has 3 rings (SSSR count). The molecule has 0 fully saturated rings. The number of ether oxygens (including phenoxy) is 1. The Kier molecular flexibility index (Phi) is 5.29. The first-order valence-electron chi connectivity index (χ1n) is 8.04. The number of aromatic nitrogens is 4. The first-order chi connectivity index (χ1) is 12.5. The minimum atomic E-state index is -3.66. The fourth-order valence-electron chi connectivity index (χ4n) is 2.36. The van der Waals surface area contributed by atoms with E-state index in [2.05, 4.69) is 20.0 Å². The molecule has 0 amide bonds. The Morgan fingerprint density at radius 3 is 2.65 bits per heavy atom. The van der Waals surface area contributed by atoms with E-state index in [9.17, 15) is 8.42 Å². The van der Waals surface area contributed by atoms with Crippen molar-refractivity contribution in [2.45, 2.75) is 25.3 Å². The molecule has 0 unspecified atom stereocenters. The third kappa shape index (κ3) is 4.06. The maximum absolute atomic E-state index is 12.5. The lowest BCUT2D eigenvalue weighted by Crippen LogP contribution is -2.23. The summed E-state index contributed by atoms with van der Waals surface area (Å²) in [7, 11) is -3.66. The minimum Gasteiger partial charge on any atom is -0.494 e. The summed E-state index contributed by atoms with van der Waals surface area (Å²) < 4.78 is 34.5. The highest BCUT2D eigenvalue weighted by atomic mass is 32.2. The Bertz CT molecular complexity index is 987. The van der Waals surface area contributed by atoms with Crippen LogP contribution in [0.4, 0.5) is 0 Å². The number of pyridine rings is 1. The van der Waals surface area contributed by atoms with E-state index >= 15 is 0 Å². The predicted molar refractivity (Wildman–Crippen MR) is 95.5 cm³/mol. The van der Waals surface area contributed by atoms with Gasteiger partial charge in [-0.2, -0.15) is 0 Å². The van der Waals surface area contributed by atoms with Gasteiger partial charge in [-0.05, 0) is 49.7 Å². The van der Waals surface area contributed by atoms with Crippen molar-refractivity contribution in [3.8, 4) is 11.4 Å². The third-order valence-corrected chi connectivity index (χ3v) is 5.07. The van der Waals surface area contributed by atoms with Gasteiger partial charge in [0.2, 0.25) is 10.0 Å². The van der Waals surface area contributed by atoms with Gasteiger partial charge in [0.05, 0.1) is 35.6 Å². The molecule has 136 valence electrons. The van der Waals surface area contributed by atoms with E-state index in [1.165, 1.54) is 6.07 Å². The highest BCUT2D eigenvalue weighted by molar-refractivity contribution is 7.89. The molecule has 1 N–H and O–H groups in total. The highest BCUT2D eigenvalue weighted by Gasteiger charge is 2.16. The van der Waals surface area contributed by atoms with Crippen LogP contribution in [-0.2, 0) is 16.6 Å². The van der Waals surface area contributed by atoms with Gasteiger partial charge in [-0.15, -0.1) is 5.10 Å². The van der Waals surface area contributed by atoms with Gasteiger partial charge >= 0.3 is 0 Å². The first kappa shape index (κ1) is 18.0. The van der Waals surface area contributed by atoms with E-state index in [0.29, 0.717) is 18.1 Å². The molecule has 26 heavy (non-hydrogen) atoms. The van der Waals surface area contributed by atoms with Gasteiger partial charge in [0, 0.05) is 12.4 Å². The van der Waals surface area contributed by atoms with Gasteiger partial charge in [0.15, 0.2) is 0 Å². The average molecular weight is 373 g/mol. The largest absolute Gasteiger partial charge is 0.494 e. The molecular formula is C17H19N5O3S. The van der Waals surface area contributed by atoms with Crippen LogP contribution in [0.25, 0.3) is 5.69 Å². The summed E-state index contributed by atoms with van der Waals surface area (Å²) in [5.74, 6) is 0.673. The normalized spacial score (nSPS) is 11.5. The molecule has 1 aromatic carbocycles. The van der Waals surface area contributed by atoms with Crippen LogP contribution in [0.1, 0.15) is 18.2 Å². The van der Waals surface area contributed by atoms with Crippen LogP contribution in [0.15, 0.2) is 53.8 Å². The number of hydrogen-bond acceptors (Lipinski definition) is 6. The lowest BCUT2D eigenvalue weighted by Gasteiger charge is -2.10. The molecule has 2 heterocycles. The molecule has 0 aliphatic rings. The SMILES string of the molecule is CCOc1ccc(S(=O)(=O)NCc2cn(-c3ccncc3)nn2)cc1C. The second-order valence-electron chi connectivity index (χ2n) is 5.54. The standard InChI is InChI=1S/C17H19N5O3S/c1-3-25-17-5-4-16(10-13(17)2)26(23,24)19-11-14-12-22(21-20-14)15-6-8-18-9-7-15/h4-10,12,19H,3,11H2,1-2H3. The van der Waals surface area contributed by atoms with Crippen molar-refractivity contribution in [2.24, 2.45) is 0 Å². The Balaban J connectivity index is 1.71. The highest BCUT2D eigenvalue weighted by Crippen LogP contribution is 2.21. The zero-order chi connectivity index (χ0) is 18.6. The van der Waals surface area contributed by atoms with E-state index < -0.39 is 10.0 Å². The number of nitrogens with zero attached hydrogens (tertiary/aromatic N) is 4. The number of benzene rings is 1. The number of rotatable bonds is 7. The number of nitrogens with one attached hydrogen (secondary N) is 1. The van der Waals surface area contributed by atoms with Crippen LogP contribution < -0.4 is 9.46 Å². The zero-order valence-electron chi connectivity index (χ0n) is 14.5. The van der Waals surface area contributed by atoms with Crippen LogP contribution in [0.5, 0.6) is 5.75 Å². The van der Waals surface area contributed by atoms with Crippen molar-refractivity contribution in [1.82, 2.24) is 24.7 Å². The molecule has 0 aliphatic carbocycles. The van der Waals surface area contributed by atoms with E-state index in [4.69, 9.17) is 4.74 Å². The predicted octanol–water partition coefficient (Wildman–Crippen LogP) is 1.85. The minimum absolute atomic E-state index is 0.0413. The molecule has 0 spiro atoms. The smallest absolute Gasteiger partial charge is 0.240 e. The topological polar surface area (TPSA) is 99.0 Å². The Morgan fingerprint density at radius 1 is 1.19 bits per heavy atom. The summed E-state index contributed by atoms with van der Waals surface area (Å²) in [6.45, 7) is 4.26. The molecular weight excluding hydrogens is 354 g/mol. The van der Waals surface area contributed by atoms with Crippen molar-refractivity contribution in [2.75, 3.05) is 6.61 Å². The molecule has 9 heteroatoms. The van der Waals surface area contributed by atoms with Crippen LogP contribution in [0, 0.1) is 6.92 Å². The quantitative estimate of drug-likeness (QED) is 0.678. The Morgan fingerprint density at radius 2 is 1.96 bits per heavy atom. The van der Waals surface area contributed by atoms with Gasteiger partial charge in [0.1, 0.15) is 5.75 Å². The summed E-state index contributed by atoms with van der Waals surface area (Å²) in [4.78, 5) is 4.12. The number of aryl methyl sites for hydroxylation is 1. The summed E-state index contributed by atoms with van der Waals surface area (Å²) in [5, 5.41) is 7.98. The van der Waals surface area contributed by atoms with Crippen molar-refractivity contribution < 1.29 is 13.2 Å². The van der Waals surface area contributed by atoms with E-state index in [0.717, 1.165) is 11.3 Å². The van der Waals surface area contributed by atoms with Crippen molar-refractivity contribution in [1.29, 1.82) is 0 Å². The second-order valence-corrected chi connectivity index (χ2v) is 7.31. The van der Waals surface area contributed by atoms with Crippen LogP contribution >= 0.6 is 0 Å². The summed E-state index contributed by atoms with van der Waals surface area (Å²) in [6.07, 6.45) is 4.96. The third-order valence-electron chi connectivity index (χ3n) is 3.67. The Labute approximate surface area is 151 Å². The van der Waals surface area contributed by atoms with Crippen molar-refractivity contribution >= 4 is 10.0 Å². The average Bonchev–Trinajstić information content (AvgIpc) is 3.12. The second kappa shape index (κ2) is 7.63. The molecule has 0 atom stereocenters. The van der Waals surface area contributed by atoms with Gasteiger partial charge in [-0.3, -0.25) is 4.98 Å². The maximum Gasteiger partial charge on any atom is 0.240 e. The monoisotopic (exact) mass is 373 g/mol. The summed E-state index contributed by atoms with van der Waals surface area (Å²) in [6, 6.07) is 8.33. The van der Waals surface area contributed by atoms with E-state index in [1.54, 1.807) is 47.5 Å². The zero-order valence-corrected chi connectivity index (χ0v) is 15.3.